The minimum Gasteiger partial charge on any atom is -0.346 e. The van der Waals surface area contributed by atoms with Crippen LogP contribution in [0.15, 0.2) is 42.5 Å². The Balaban J connectivity index is 1.44. The number of aryl methyl sites for hydroxylation is 1. The Hall–Kier alpha value is -3.22. The number of likely N-dealkylation sites (tertiary alicyclic amines) is 1. The first-order valence-electron chi connectivity index (χ1n) is 8.77. The maximum atomic E-state index is 13.3. The summed E-state index contributed by atoms with van der Waals surface area (Å²) in [5.74, 6) is -0.700. The second-order valence-corrected chi connectivity index (χ2v) is 6.90. The number of hydrogen-bond acceptors (Lipinski definition) is 3. The number of hydrogen-bond donors (Lipinski definition) is 2. The van der Waals surface area contributed by atoms with Crippen LogP contribution in [0.5, 0.6) is 0 Å². The van der Waals surface area contributed by atoms with E-state index in [0.717, 1.165) is 22.0 Å². The van der Waals surface area contributed by atoms with E-state index < -0.39 is 0 Å². The van der Waals surface area contributed by atoms with Crippen molar-refractivity contribution in [2.45, 2.75) is 25.9 Å². The van der Waals surface area contributed by atoms with Crippen molar-refractivity contribution in [2.24, 2.45) is 0 Å². The van der Waals surface area contributed by atoms with Crippen molar-refractivity contribution in [2.75, 3.05) is 6.54 Å². The number of H-pyrrole nitrogens is 1. The third kappa shape index (κ3) is 3.53. The van der Waals surface area contributed by atoms with Gasteiger partial charge in [0.15, 0.2) is 5.69 Å². The summed E-state index contributed by atoms with van der Waals surface area (Å²) in [4.78, 5) is 26.5. The molecule has 4 rings (SSSR count). The van der Waals surface area contributed by atoms with Crippen LogP contribution in [0.25, 0.3) is 10.9 Å². The maximum Gasteiger partial charge on any atom is 0.272 e. The van der Waals surface area contributed by atoms with Crippen molar-refractivity contribution in [1.29, 1.82) is 0 Å². The number of benzene rings is 2. The molecule has 27 heavy (non-hydrogen) atoms. The van der Waals surface area contributed by atoms with Crippen molar-refractivity contribution in [3.8, 4) is 0 Å². The van der Waals surface area contributed by atoms with E-state index in [2.05, 4.69) is 15.5 Å². The zero-order valence-electron chi connectivity index (χ0n) is 14.8. The predicted molar refractivity (Wildman–Crippen MR) is 98.5 cm³/mol. The topological polar surface area (TPSA) is 78.1 Å². The Labute approximate surface area is 155 Å². The number of aromatic nitrogens is 2. The van der Waals surface area contributed by atoms with Gasteiger partial charge in [0.1, 0.15) is 5.82 Å². The molecule has 2 N–H and O–H groups in total. The number of fused-ring (bicyclic) bond motifs is 1. The first-order chi connectivity index (χ1) is 13.0. The fourth-order valence-corrected chi connectivity index (χ4v) is 3.43. The molecule has 2 heterocycles. The zero-order valence-corrected chi connectivity index (χ0v) is 14.8. The summed E-state index contributed by atoms with van der Waals surface area (Å²) in [5, 5.41) is 10.6. The second-order valence-electron chi connectivity index (χ2n) is 6.90. The van der Waals surface area contributed by atoms with Crippen LogP contribution in [-0.4, -0.2) is 39.5 Å². The number of aromatic amines is 1. The van der Waals surface area contributed by atoms with Gasteiger partial charge in [0.05, 0.1) is 11.6 Å². The van der Waals surface area contributed by atoms with Gasteiger partial charge < -0.3 is 10.2 Å². The number of rotatable bonds is 4. The molecule has 1 saturated heterocycles. The van der Waals surface area contributed by atoms with E-state index in [4.69, 9.17) is 0 Å². The second kappa shape index (κ2) is 6.83. The molecule has 7 heteroatoms. The minimum atomic E-state index is -0.329. The van der Waals surface area contributed by atoms with Gasteiger partial charge in [-0.05, 0) is 36.8 Å². The lowest BCUT2D eigenvalue weighted by Gasteiger charge is -2.17. The summed E-state index contributed by atoms with van der Waals surface area (Å²) in [6, 6.07) is 11.6. The molecule has 1 aliphatic rings. The normalized spacial score (nSPS) is 16.9. The number of nitrogens with zero attached hydrogens (tertiary/aromatic N) is 2. The maximum absolute atomic E-state index is 13.3. The highest BCUT2D eigenvalue weighted by Gasteiger charge is 2.31. The molecule has 1 unspecified atom stereocenters. The number of halogens is 1. The van der Waals surface area contributed by atoms with Crippen LogP contribution >= 0.6 is 0 Å². The summed E-state index contributed by atoms with van der Waals surface area (Å²) in [6.07, 6.45) is 0.225. The number of carbonyl (C=O) groups is 2. The summed E-state index contributed by atoms with van der Waals surface area (Å²) in [6.45, 7) is 2.67. The van der Waals surface area contributed by atoms with Gasteiger partial charge >= 0.3 is 0 Å². The Kier molecular flexibility index (Phi) is 4.35. The van der Waals surface area contributed by atoms with Crippen molar-refractivity contribution in [3.05, 3.63) is 65.1 Å². The Morgan fingerprint density at radius 2 is 2.19 bits per heavy atom. The van der Waals surface area contributed by atoms with Gasteiger partial charge in [0.2, 0.25) is 5.91 Å². The lowest BCUT2D eigenvalue weighted by atomic mass is 10.1. The molecule has 1 aromatic heterocycles. The van der Waals surface area contributed by atoms with Crippen LogP contribution in [0, 0.1) is 12.7 Å². The number of carbonyl (C=O) groups excluding carboxylic acids is 2. The summed E-state index contributed by atoms with van der Waals surface area (Å²) >= 11 is 0. The largest absolute Gasteiger partial charge is 0.346 e. The molecule has 1 fully saturated rings. The lowest BCUT2D eigenvalue weighted by Crippen LogP contribution is -2.37. The van der Waals surface area contributed by atoms with Gasteiger partial charge in [0, 0.05) is 24.9 Å². The highest BCUT2D eigenvalue weighted by molar-refractivity contribution is 6.05. The fraction of sp³-hybridized carbons (Fsp3) is 0.250. The Morgan fingerprint density at radius 3 is 3.00 bits per heavy atom. The van der Waals surface area contributed by atoms with Crippen LogP contribution < -0.4 is 5.32 Å². The number of amides is 2. The average molecular weight is 366 g/mol. The summed E-state index contributed by atoms with van der Waals surface area (Å²) in [7, 11) is 0. The first-order valence-corrected chi connectivity index (χ1v) is 8.77. The van der Waals surface area contributed by atoms with E-state index in [-0.39, 0.29) is 30.1 Å². The van der Waals surface area contributed by atoms with E-state index >= 15 is 0 Å². The monoisotopic (exact) mass is 366 g/mol. The highest BCUT2D eigenvalue weighted by atomic mass is 19.1. The summed E-state index contributed by atoms with van der Waals surface area (Å²) in [5.41, 5.74) is 2.88. The van der Waals surface area contributed by atoms with Crippen LogP contribution in [-0.2, 0) is 11.3 Å². The lowest BCUT2D eigenvalue weighted by molar-refractivity contribution is -0.128. The molecule has 0 spiro atoms. The van der Waals surface area contributed by atoms with Crippen LogP contribution in [0.4, 0.5) is 4.39 Å². The third-order valence-electron chi connectivity index (χ3n) is 4.75. The molecule has 0 bridgehead atoms. The molecular formula is C20H19FN4O2. The van der Waals surface area contributed by atoms with E-state index in [9.17, 15) is 14.0 Å². The van der Waals surface area contributed by atoms with Crippen molar-refractivity contribution in [1.82, 2.24) is 20.4 Å². The molecule has 2 aromatic carbocycles. The first kappa shape index (κ1) is 17.2. The van der Waals surface area contributed by atoms with Gasteiger partial charge in [-0.1, -0.05) is 23.8 Å². The van der Waals surface area contributed by atoms with Gasteiger partial charge in [-0.2, -0.15) is 5.10 Å². The van der Waals surface area contributed by atoms with Crippen molar-refractivity contribution in [3.63, 3.8) is 0 Å². The molecule has 138 valence electrons. The van der Waals surface area contributed by atoms with Crippen LogP contribution in [0.3, 0.4) is 0 Å². The molecule has 1 atom stereocenters. The number of nitrogens with one attached hydrogen (secondary N) is 2. The minimum absolute atomic E-state index is 0.0627. The Bertz CT molecular complexity index is 1030. The van der Waals surface area contributed by atoms with E-state index in [1.165, 1.54) is 12.1 Å². The molecule has 2 amide bonds. The smallest absolute Gasteiger partial charge is 0.272 e. The van der Waals surface area contributed by atoms with Gasteiger partial charge in [0.25, 0.3) is 5.91 Å². The molecule has 0 radical (unpaired) electrons. The van der Waals surface area contributed by atoms with Gasteiger partial charge in [-0.3, -0.25) is 14.7 Å². The van der Waals surface area contributed by atoms with Crippen LogP contribution in [0.2, 0.25) is 0 Å². The quantitative estimate of drug-likeness (QED) is 0.745. The SMILES string of the molecule is Cc1ccc2[nH]nc(C(=O)NC3CC(=O)N(Cc4cccc(F)c4)C3)c2c1. The molecule has 1 aliphatic heterocycles. The molecule has 6 nitrogen and oxygen atoms in total. The Morgan fingerprint density at radius 1 is 1.33 bits per heavy atom. The van der Waals surface area contributed by atoms with Gasteiger partial charge in [-0.15, -0.1) is 0 Å². The third-order valence-corrected chi connectivity index (χ3v) is 4.75. The van der Waals surface area contributed by atoms with Crippen molar-refractivity contribution >= 4 is 22.7 Å². The van der Waals surface area contributed by atoms with E-state index in [1.54, 1.807) is 17.0 Å². The van der Waals surface area contributed by atoms with E-state index in [0.29, 0.717) is 18.8 Å². The zero-order chi connectivity index (χ0) is 19.0. The molecular weight excluding hydrogens is 347 g/mol. The summed E-state index contributed by atoms with van der Waals surface area (Å²) < 4.78 is 13.3. The van der Waals surface area contributed by atoms with Gasteiger partial charge in [-0.25, -0.2) is 4.39 Å². The predicted octanol–water partition coefficient (Wildman–Crippen LogP) is 2.54. The van der Waals surface area contributed by atoms with Crippen LogP contribution in [0.1, 0.15) is 28.0 Å². The molecule has 3 aromatic rings. The fourth-order valence-electron chi connectivity index (χ4n) is 3.43. The molecule has 0 saturated carbocycles. The highest BCUT2D eigenvalue weighted by Crippen LogP contribution is 2.19. The standard InChI is InChI=1S/C20H19FN4O2/c1-12-5-6-17-16(7-12)19(24-23-17)20(27)22-15-9-18(26)25(11-15)10-13-3-2-4-14(21)8-13/h2-8,15H,9-11H2,1H3,(H,22,27)(H,23,24). The van der Waals surface area contributed by atoms with E-state index in [1.807, 2.05) is 25.1 Å². The van der Waals surface area contributed by atoms with Crippen molar-refractivity contribution < 1.29 is 14.0 Å². The molecule has 0 aliphatic carbocycles. The average Bonchev–Trinajstić information content (AvgIpc) is 3.18.